The lowest BCUT2D eigenvalue weighted by atomic mass is 10.3. The van der Waals surface area contributed by atoms with Crippen LogP contribution >= 0.6 is 11.6 Å². The highest BCUT2D eigenvalue weighted by atomic mass is 35.5. The maximum atomic E-state index is 5.78. The summed E-state index contributed by atoms with van der Waals surface area (Å²) < 4.78 is 6.96. The first-order valence-electron chi connectivity index (χ1n) is 5.65. The first-order valence-corrected chi connectivity index (χ1v) is 6.03. The molecule has 0 aromatic carbocycles. The molecule has 0 saturated heterocycles. The highest BCUT2D eigenvalue weighted by molar-refractivity contribution is 6.30. The van der Waals surface area contributed by atoms with Gasteiger partial charge in [-0.25, -0.2) is 0 Å². The van der Waals surface area contributed by atoms with Gasteiger partial charge in [-0.3, -0.25) is 4.68 Å². The Bertz CT molecular complexity index is 503. The van der Waals surface area contributed by atoms with E-state index < -0.39 is 0 Å². The first-order chi connectivity index (χ1) is 8.29. The molecule has 0 radical (unpaired) electrons. The molecule has 1 fully saturated rings. The Labute approximate surface area is 104 Å². The third kappa shape index (κ3) is 2.87. The second-order valence-electron chi connectivity index (χ2n) is 4.30. The molecule has 0 aliphatic heterocycles. The van der Waals surface area contributed by atoms with E-state index in [1.54, 1.807) is 17.1 Å². The van der Waals surface area contributed by atoms with Gasteiger partial charge in [0.2, 0.25) is 0 Å². The van der Waals surface area contributed by atoms with Gasteiger partial charge in [0.15, 0.2) is 5.76 Å². The molecule has 3 rings (SSSR count). The van der Waals surface area contributed by atoms with E-state index in [0.717, 1.165) is 18.0 Å². The molecular formula is C11H13ClN4O. The minimum absolute atomic E-state index is 0.559. The summed E-state index contributed by atoms with van der Waals surface area (Å²) >= 11 is 5.78. The number of hydrogen-bond acceptors (Lipinski definition) is 4. The topological polar surface area (TPSA) is 55.9 Å². The van der Waals surface area contributed by atoms with Gasteiger partial charge in [-0.1, -0.05) is 16.8 Å². The molecule has 0 spiro atoms. The molecule has 6 heteroatoms. The molecule has 1 N–H and O–H groups in total. The van der Waals surface area contributed by atoms with E-state index in [2.05, 4.69) is 15.6 Å². The van der Waals surface area contributed by atoms with Crippen molar-refractivity contribution in [1.29, 1.82) is 0 Å². The van der Waals surface area contributed by atoms with Gasteiger partial charge in [-0.15, -0.1) is 0 Å². The minimum Gasteiger partial charge on any atom is -0.359 e. The van der Waals surface area contributed by atoms with E-state index in [-0.39, 0.29) is 0 Å². The quantitative estimate of drug-likeness (QED) is 0.882. The normalized spacial score (nSPS) is 15.4. The van der Waals surface area contributed by atoms with Crippen molar-refractivity contribution < 1.29 is 4.52 Å². The summed E-state index contributed by atoms with van der Waals surface area (Å²) in [7, 11) is 0. The smallest absolute Gasteiger partial charge is 0.158 e. The van der Waals surface area contributed by atoms with Gasteiger partial charge in [0, 0.05) is 24.8 Å². The summed E-state index contributed by atoms with van der Waals surface area (Å²) in [4.78, 5) is 0. The summed E-state index contributed by atoms with van der Waals surface area (Å²) in [5.74, 6) is 0.789. The van der Waals surface area contributed by atoms with Gasteiger partial charge in [-0.05, 0) is 12.8 Å². The molecule has 2 aromatic rings. The third-order valence-corrected chi connectivity index (χ3v) is 2.87. The Morgan fingerprint density at radius 3 is 3.12 bits per heavy atom. The fraction of sp³-hybridized carbons (Fsp3) is 0.455. The fourth-order valence-electron chi connectivity index (χ4n) is 1.63. The Morgan fingerprint density at radius 2 is 2.41 bits per heavy atom. The number of nitrogens with zero attached hydrogens (tertiary/aromatic N) is 3. The lowest BCUT2D eigenvalue weighted by molar-refractivity contribution is 0.364. The van der Waals surface area contributed by atoms with Crippen LogP contribution in [0.4, 0.5) is 0 Å². The van der Waals surface area contributed by atoms with Crippen LogP contribution < -0.4 is 5.32 Å². The molecule has 1 saturated carbocycles. The zero-order valence-electron chi connectivity index (χ0n) is 9.27. The van der Waals surface area contributed by atoms with E-state index >= 15 is 0 Å². The highest BCUT2D eigenvalue weighted by Gasteiger charge is 2.20. The average Bonchev–Trinajstić information content (AvgIpc) is 2.90. The predicted molar refractivity (Wildman–Crippen MR) is 62.7 cm³/mol. The van der Waals surface area contributed by atoms with Gasteiger partial charge in [-0.2, -0.15) is 5.10 Å². The monoisotopic (exact) mass is 252 g/mol. The van der Waals surface area contributed by atoms with E-state index in [0.29, 0.717) is 17.6 Å². The van der Waals surface area contributed by atoms with Crippen LogP contribution in [0.3, 0.4) is 0 Å². The maximum Gasteiger partial charge on any atom is 0.158 e. The first kappa shape index (κ1) is 10.8. The van der Waals surface area contributed by atoms with Crippen molar-refractivity contribution in [3.63, 3.8) is 0 Å². The molecule has 2 aromatic heterocycles. The summed E-state index contributed by atoms with van der Waals surface area (Å²) in [5.41, 5.74) is 0.935. The number of rotatable bonds is 5. The van der Waals surface area contributed by atoms with Crippen molar-refractivity contribution >= 4 is 11.6 Å². The van der Waals surface area contributed by atoms with Crippen molar-refractivity contribution in [2.75, 3.05) is 0 Å². The van der Waals surface area contributed by atoms with E-state index in [4.69, 9.17) is 16.1 Å². The van der Waals surface area contributed by atoms with Crippen molar-refractivity contribution in [1.82, 2.24) is 20.3 Å². The van der Waals surface area contributed by atoms with Gasteiger partial charge in [0.05, 0.1) is 16.9 Å². The Kier molecular flexibility index (Phi) is 2.86. The molecule has 2 heterocycles. The molecule has 0 bridgehead atoms. The zero-order chi connectivity index (χ0) is 11.7. The Hall–Kier alpha value is -1.33. The Morgan fingerprint density at radius 1 is 1.53 bits per heavy atom. The zero-order valence-corrected chi connectivity index (χ0v) is 10.0. The molecule has 1 aliphatic carbocycles. The van der Waals surface area contributed by atoms with Crippen LogP contribution in [-0.4, -0.2) is 21.0 Å². The van der Waals surface area contributed by atoms with Crippen molar-refractivity contribution in [2.45, 2.75) is 32.0 Å². The maximum absolute atomic E-state index is 5.78. The summed E-state index contributed by atoms with van der Waals surface area (Å²) in [6.07, 6.45) is 5.91. The van der Waals surface area contributed by atoms with Gasteiger partial charge >= 0.3 is 0 Å². The minimum atomic E-state index is 0.559. The van der Waals surface area contributed by atoms with Crippen LogP contribution in [0.5, 0.6) is 0 Å². The second-order valence-corrected chi connectivity index (χ2v) is 4.73. The average molecular weight is 253 g/mol. The van der Waals surface area contributed by atoms with Crippen LogP contribution in [0.1, 0.15) is 24.3 Å². The molecule has 5 nitrogen and oxygen atoms in total. The van der Waals surface area contributed by atoms with Gasteiger partial charge < -0.3 is 9.84 Å². The molecule has 0 atom stereocenters. The lowest BCUT2D eigenvalue weighted by Gasteiger charge is -1.96. The third-order valence-electron chi connectivity index (χ3n) is 2.68. The van der Waals surface area contributed by atoms with Crippen molar-refractivity contribution in [3.8, 4) is 0 Å². The number of hydrogen-bond donors (Lipinski definition) is 1. The molecular weight excluding hydrogens is 240 g/mol. The summed E-state index contributed by atoms with van der Waals surface area (Å²) in [6, 6.07) is 2.63. The number of aromatic nitrogens is 3. The van der Waals surface area contributed by atoms with Crippen molar-refractivity contribution in [2.24, 2.45) is 0 Å². The lowest BCUT2D eigenvalue weighted by Crippen LogP contribution is -2.15. The predicted octanol–water partition coefficient (Wildman–Crippen LogP) is 1.82. The number of halogens is 1. The highest BCUT2D eigenvalue weighted by Crippen LogP contribution is 2.19. The second kappa shape index (κ2) is 4.50. The fourth-order valence-corrected chi connectivity index (χ4v) is 1.79. The largest absolute Gasteiger partial charge is 0.359 e. The Balaban J connectivity index is 1.59. The molecule has 0 unspecified atom stereocenters. The number of nitrogens with one attached hydrogen (secondary N) is 1. The molecule has 17 heavy (non-hydrogen) atoms. The van der Waals surface area contributed by atoms with Crippen LogP contribution in [0.2, 0.25) is 5.02 Å². The van der Waals surface area contributed by atoms with E-state index in [1.165, 1.54) is 12.8 Å². The van der Waals surface area contributed by atoms with E-state index in [1.807, 2.05) is 6.07 Å². The van der Waals surface area contributed by atoms with Crippen molar-refractivity contribution in [3.05, 3.63) is 34.9 Å². The molecule has 1 aliphatic rings. The van der Waals surface area contributed by atoms with Crippen LogP contribution in [0.15, 0.2) is 23.0 Å². The molecule has 0 amide bonds. The van der Waals surface area contributed by atoms with Crippen LogP contribution in [-0.2, 0) is 13.1 Å². The van der Waals surface area contributed by atoms with E-state index in [9.17, 15) is 0 Å². The van der Waals surface area contributed by atoms with Crippen LogP contribution in [0.25, 0.3) is 0 Å². The summed E-state index contributed by atoms with van der Waals surface area (Å²) in [5, 5.41) is 12.1. The molecule has 90 valence electrons. The SMILES string of the molecule is Clc1cnn(Cc2cc(CNC3CC3)no2)c1. The van der Waals surface area contributed by atoms with Gasteiger partial charge in [0.25, 0.3) is 0 Å². The van der Waals surface area contributed by atoms with Crippen LogP contribution in [0, 0.1) is 0 Å². The van der Waals surface area contributed by atoms with Gasteiger partial charge in [0.1, 0.15) is 6.54 Å². The summed E-state index contributed by atoms with van der Waals surface area (Å²) in [6.45, 7) is 1.33. The standard InChI is InChI=1S/C11H13ClN4O/c12-8-4-14-16(6-8)7-11-3-10(15-17-11)5-13-9-1-2-9/h3-4,6,9,13H,1-2,5,7H2.